The Labute approximate surface area is 153 Å². The summed E-state index contributed by atoms with van der Waals surface area (Å²) in [6.07, 6.45) is 3.14. The first-order chi connectivity index (χ1) is 12.4. The van der Waals surface area contributed by atoms with Gasteiger partial charge in [0.25, 0.3) is 0 Å². The van der Waals surface area contributed by atoms with Gasteiger partial charge in [0.15, 0.2) is 0 Å². The van der Waals surface area contributed by atoms with Crippen LogP contribution in [0.15, 0.2) is 78.9 Å². The lowest BCUT2D eigenvalue weighted by molar-refractivity contribution is 0.824. The van der Waals surface area contributed by atoms with E-state index >= 15 is 0 Å². The Hall–Kier alpha value is -2.97. The van der Waals surface area contributed by atoms with Crippen molar-refractivity contribution in [3.63, 3.8) is 0 Å². The molecule has 0 unspecified atom stereocenters. The first-order valence-electron chi connectivity index (χ1n) is 8.93. The summed E-state index contributed by atoms with van der Waals surface area (Å²) >= 11 is 0. The van der Waals surface area contributed by atoms with E-state index in [9.17, 15) is 0 Å². The summed E-state index contributed by atoms with van der Waals surface area (Å²) in [5.74, 6) is 0. The van der Waals surface area contributed by atoms with Gasteiger partial charge in [-0.1, -0.05) is 72.8 Å². The average Bonchev–Trinajstić information content (AvgIpc) is 2.68. The summed E-state index contributed by atoms with van der Waals surface area (Å²) < 4.78 is 0. The second kappa shape index (κ2) is 6.74. The van der Waals surface area contributed by atoms with Crippen LogP contribution in [0.2, 0.25) is 0 Å². The second-order valence-electron chi connectivity index (χ2n) is 6.75. The number of nitrogens with zero attached hydrogens (tertiary/aromatic N) is 1. The van der Waals surface area contributed by atoms with E-state index in [1.54, 1.807) is 0 Å². The predicted molar refractivity (Wildman–Crippen MR) is 107 cm³/mol. The molecule has 128 valence electrons. The third-order valence-electron chi connectivity index (χ3n) is 5.25. The quantitative estimate of drug-likeness (QED) is 0.519. The van der Waals surface area contributed by atoms with Gasteiger partial charge in [0, 0.05) is 10.9 Å². The molecule has 1 aliphatic carbocycles. The maximum atomic E-state index is 5.06. The average molecular weight is 339 g/mol. The van der Waals surface area contributed by atoms with Crippen LogP contribution in [0, 0.1) is 0 Å². The maximum Gasteiger partial charge on any atom is 0.0747 e. The molecule has 1 aromatic heterocycles. The summed E-state index contributed by atoms with van der Waals surface area (Å²) in [5, 5.41) is 1.30. The van der Waals surface area contributed by atoms with Crippen molar-refractivity contribution in [3.8, 4) is 11.3 Å². The predicted octanol–water partition coefficient (Wildman–Crippen LogP) is 4.77. The van der Waals surface area contributed by atoms with Crippen LogP contribution in [-0.4, -0.2) is 10.5 Å². The number of aromatic nitrogens is 1. The standard InChI is InChI=1S/C24H19N.H2O/c1-2-8-17(9-3-1)16-22-20-12-6-7-13-23(20)25-24-19-11-5-4-10-18(19)14-15-21(22)24;/h1-13H,14-16H2;1H2. The van der Waals surface area contributed by atoms with Crippen LogP contribution in [0.25, 0.3) is 22.2 Å². The summed E-state index contributed by atoms with van der Waals surface area (Å²) in [6, 6.07) is 28.1. The number of hydrogen-bond donors (Lipinski definition) is 0. The van der Waals surface area contributed by atoms with Gasteiger partial charge in [0.2, 0.25) is 0 Å². The van der Waals surface area contributed by atoms with Crippen LogP contribution in [0.5, 0.6) is 0 Å². The molecule has 0 bridgehead atoms. The molecule has 1 heterocycles. The van der Waals surface area contributed by atoms with Gasteiger partial charge in [-0.2, -0.15) is 0 Å². The van der Waals surface area contributed by atoms with Crippen LogP contribution >= 0.6 is 0 Å². The van der Waals surface area contributed by atoms with Gasteiger partial charge in [-0.25, -0.2) is 4.98 Å². The van der Waals surface area contributed by atoms with Crippen molar-refractivity contribution in [1.82, 2.24) is 4.98 Å². The van der Waals surface area contributed by atoms with E-state index in [1.165, 1.54) is 38.9 Å². The Morgan fingerprint density at radius 1 is 0.731 bits per heavy atom. The maximum absolute atomic E-state index is 5.06. The lowest BCUT2D eigenvalue weighted by atomic mass is 9.83. The second-order valence-corrected chi connectivity index (χ2v) is 6.75. The molecular formula is C24H21NO. The van der Waals surface area contributed by atoms with E-state index in [-0.39, 0.29) is 5.48 Å². The Kier molecular flexibility index (Phi) is 4.27. The van der Waals surface area contributed by atoms with E-state index in [0.717, 1.165) is 24.8 Å². The van der Waals surface area contributed by atoms with Crippen molar-refractivity contribution < 1.29 is 5.48 Å². The molecule has 2 N–H and O–H groups in total. The fourth-order valence-electron chi connectivity index (χ4n) is 4.04. The zero-order valence-electron chi connectivity index (χ0n) is 14.6. The fraction of sp³-hybridized carbons (Fsp3) is 0.125. The van der Waals surface area contributed by atoms with E-state index in [2.05, 4.69) is 78.9 Å². The largest absolute Gasteiger partial charge is 0.412 e. The lowest BCUT2D eigenvalue weighted by Gasteiger charge is -2.23. The number of para-hydroxylation sites is 1. The van der Waals surface area contributed by atoms with E-state index in [0.29, 0.717) is 0 Å². The molecule has 1 aliphatic rings. The molecule has 2 heteroatoms. The van der Waals surface area contributed by atoms with Gasteiger partial charge < -0.3 is 5.48 Å². The highest BCUT2D eigenvalue weighted by atomic mass is 16.0. The number of benzene rings is 3. The fourth-order valence-corrected chi connectivity index (χ4v) is 4.04. The Morgan fingerprint density at radius 2 is 1.46 bits per heavy atom. The van der Waals surface area contributed by atoms with Gasteiger partial charge in [-0.3, -0.25) is 0 Å². The van der Waals surface area contributed by atoms with Crippen molar-refractivity contribution in [1.29, 1.82) is 0 Å². The van der Waals surface area contributed by atoms with E-state index < -0.39 is 0 Å². The van der Waals surface area contributed by atoms with Gasteiger partial charge in [0.1, 0.15) is 0 Å². The Bertz CT molecular complexity index is 1070. The summed E-state index contributed by atoms with van der Waals surface area (Å²) in [4.78, 5) is 5.06. The third-order valence-corrected chi connectivity index (χ3v) is 5.25. The molecular weight excluding hydrogens is 318 g/mol. The molecule has 0 amide bonds. The molecule has 0 saturated carbocycles. The van der Waals surface area contributed by atoms with Crippen LogP contribution in [0.3, 0.4) is 0 Å². The van der Waals surface area contributed by atoms with E-state index in [4.69, 9.17) is 4.98 Å². The van der Waals surface area contributed by atoms with Crippen molar-refractivity contribution in [2.45, 2.75) is 19.3 Å². The summed E-state index contributed by atoms with van der Waals surface area (Å²) in [6.45, 7) is 0. The number of fused-ring (bicyclic) bond motifs is 4. The molecule has 26 heavy (non-hydrogen) atoms. The van der Waals surface area contributed by atoms with Crippen molar-refractivity contribution in [2.24, 2.45) is 0 Å². The minimum absolute atomic E-state index is 0. The monoisotopic (exact) mass is 339 g/mol. The number of pyridine rings is 1. The molecule has 0 atom stereocenters. The first kappa shape index (κ1) is 16.5. The molecule has 4 aromatic rings. The SMILES string of the molecule is O.c1ccc(Cc2c3c(nc4ccccc24)-c2ccccc2CC3)cc1. The molecule has 3 aromatic carbocycles. The first-order valence-corrected chi connectivity index (χ1v) is 8.93. The molecule has 0 saturated heterocycles. The van der Waals surface area contributed by atoms with E-state index in [1.807, 2.05) is 0 Å². The van der Waals surface area contributed by atoms with Crippen molar-refractivity contribution in [2.75, 3.05) is 0 Å². The van der Waals surface area contributed by atoms with Gasteiger partial charge in [0.05, 0.1) is 11.2 Å². The van der Waals surface area contributed by atoms with Crippen molar-refractivity contribution in [3.05, 3.63) is 101 Å². The molecule has 0 spiro atoms. The number of hydrogen-bond acceptors (Lipinski definition) is 1. The smallest absolute Gasteiger partial charge is 0.0747 e. The van der Waals surface area contributed by atoms with Gasteiger partial charge in [-0.15, -0.1) is 0 Å². The number of aryl methyl sites for hydroxylation is 1. The Balaban J connectivity index is 0.00000168. The number of rotatable bonds is 2. The van der Waals surface area contributed by atoms with Gasteiger partial charge >= 0.3 is 0 Å². The highest BCUT2D eigenvalue weighted by molar-refractivity contribution is 5.88. The highest BCUT2D eigenvalue weighted by Gasteiger charge is 2.22. The Morgan fingerprint density at radius 3 is 2.35 bits per heavy atom. The minimum Gasteiger partial charge on any atom is -0.412 e. The molecule has 5 rings (SSSR count). The molecule has 2 nitrogen and oxygen atoms in total. The molecule has 0 aliphatic heterocycles. The topological polar surface area (TPSA) is 44.4 Å². The molecule has 0 radical (unpaired) electrons. The van der Waals surface area contributed by atoms with Crippen LogP contribution in [-0.2, 0) is 19.3 Å². The summed E-state index contributed by atoms with van der Waals surface area (Å²) in [7, 11) is 0. The zero-order valence-corrected chi connectivity index (χ0v) is 14.6. The van der Waals surface area contributed by atoms with Gasteiger partial charge in [-0.05, 0) is 47.6 Å². The lowest BCUT2D eigenvalue weighted by Crippen LogP contribution is -2.10. The minimum atomic E-state index is 0. The highest BCUT2D eigenvalue weighted by Crippen LogP contribution is 2.37. The van der Waals surface area contributed by atoms with Crippen LogP contribution in [0.4, 0.5) is 0 Å². The van der Waals surface area contributed by atoms with Crippen molar-refractivity contribution >= 4 is 10.9 Å². The van der Waals surface area contributed by atoms with Crippen LogP contribution < -0.4 is 0 Å². The molecule has 0 fully saturated rings. The van der Waals surface area contributed by atoms with Crippen LogP contribution in [0.1, 0.15) is 22.3 Å². The zero-order chi connectivity index (χ0) is 16.6. The third kappa shape index (κ3) is 2.69. The normalized spacial score (nSPS) is 12.2. The summed E-state index contributed by atoms with van der Waals surface area (Å²) in [5.41, 5.74) is 9.25.